The van der Waals surface area contributed by atoms with Gasteiger partial charge in [-0.15, -0.1) is 0 Å². The Bertz CT molecular complexity index is 1470. The van der Waals surface area contributed by atoms with E-state index in [0.717, 1.165) is 0 Å². The second-order valence-corrected chi connectivity index (χ2v) is 14.5. The van der Waals surface area contributed by atoms with Gasteiger partial charge < -0.3 is 175 Å². The van der Waals surface area contributed by atoms with Crippen LogP contribution in [0.5, 0.6) is 0 Å². The summed E-state index contributed by atoms with van der Waals surface area (Å²) in [5, 5.41) is 72.3. The highest BCUT2D eigenvalue weighted by molar-refractivity contribution is 5.70. The van der Waals surface area contributed by atoms with E-state index in [4.69, 9.17) is 126 Å². The van der Waals surface area contributed by atoms with Gasteiger partial charge >= 0.3 is 47.8 Å². The van der Waals surface area contributed by atoms with E-state index in [-0.39, 0.29) is 102 Å². The van der Waals surface area contributed by atoms with E-state index in [0.29, 0.717) is 0 Å². The molecule has 0 atom stereocenters. The number of carbonyl (C=O) groups is 8. The SMILES string of the molecule is N.N.N.N.N.N.N.N.O=C(O)COCCOCC(COCC(COCC(COCCOCC(=O)O)(OCCOCC(=O)O)OCCOCC(=O)O)(OCCOCC(=O)O)OCCOCC(=O)O)(OCCOCC(=O)O)OCCOCC(=O)O. The average Bonchev–Trinajstić information content (AvgIpc) is 3.32. The first-order valence-electron chi connectivity index (χ1n) is 22.3. The summed E-state index contributed by atoms with van der Waals surface area (Å²) >= 11 is 0. The van der Waals surface area contributed by atoms with E-state index < -0.39 is 210 Å². The Morgan fingerprint density at radius 2 is 0.313 bits per heavy atom. The molecule has 0 amide bonds. The molecule has 0 aromatic heterocycles. The van der Waals surface area contributed by atoms with Crippen LogP contribution in [0.25, 0.3) is 0 Å². The van der Waals surface area contributed by atoms with Crippen molar-refractivity contribution in [3.05, 3.63) is 0 Å². The van der Waals surface area contributed by atoms with Gasteiger partial charge in [0, 0.05) is 0 Å². The minimum atomic E-state index is -2.17. The van der Waals surface area contributed by atoms with Crippen molar-refractivity contribution in [1.29, 1.82) is 0 Å². The maximum absolute atomic E-state index is 11.2. The molecule has 500 valence electrons. The second kappa shape index (κ2) is 61.3. The van der Waals surface area contributed by atoms with Crippen molar-refractivity contribution in [3.63, 3.8) is 0 Å². The molecule has 32 N–H and O–H groups in total. The third-order valence-electron chi connectivity index (χ3n) is 8.04. The lowest BCUT2D eigenvalue weighted by Gasteiger charge is -2.38. The Morgan fingerprint density at radius 1 is 0.193 bits per heavy atom. The van der Waals surface area contributed by atoms with Crippen LogP contribution in [-0.4, -0.2) is 304 Å². The van der Waals surface area contributed by atoms with E-state index in [1.54, 1.807) is 0 Å². The van der Waals surface area contributed by atoms with Gasteiger partial charge in [0.25, 0.3) is 0 Å². The van der Waals surface area contributed by atoms with Gasteiger partial charge in [0.05, 0.1) is 106 Å². The maximum atomic E-state index is 11.2. The summed E-state index contributed by atoms with van der Waals surface area (Å²) in [7, 11) is 0. The minimum absolute atomic E-state index is 0. The van der Waals surface area contributed by atoms with E-state index in [2.05, 4.69) is 0 Å². The molecule has 0 bridgehead atoms. The largest absolute Gasteiger partial charge is 0.480 e. The van der Waals surface area contributed by atoms with Crippen molar-refractivity contribution in [2.24, 2.45) is 0 Å². The van der Waals surface area contributed by atoms with Crippen LogP contribution >= 0.6 is 0 Å². The Balaban J connectivity index is -0.000000978. The molecule has 0 heterocycles. The Morgan fingerprint density at radius 3 is 0.458 bits per heavy atom. The molecule has 0 aromatic carbocycles. The van der Waals surface area contributed by atoms with Crippen molar-refractivity contribution in [1.82, 2.24) is 49.2 Å². The molecule has 0 spiro atoms. The molecule has 0 rings (SSSR count). The highest BCUT2D eigenvalue weighted by Gasteiger charge is 2.41. The van der Waals surface area contributed by atoms with Crippen LogP contribution in [0.2, 0.25) is 0 Å². The predicted octanol–water partition coefficient (Wildman–Crippen LogP) is -2.65. The summed E-state index contributed by atoms with van der Waals surface area (Å²) in [6, 6.07) is 0. The van der Waals surface area contributed by atoms with E-state index in [1.807, 2.05) is 0 Å². The number of ether oxygens (including phenoxy) is 18. The molecule has 0 fully saturated rings. The van der Waals surface area contributed by atoms with Crippen LogP contribution in [0.15, 0.2) is 0 Å². The van der Waals surface area contributed by atoms with Crippen LogP contribution < -0.4 is 49.2 Å². The number of hydrogen-bond donors (Lipinski definition) is 16. The second-order valence-electron chi connectivity index (χ2n) is 14.5. The molecule has 83 heavy (non-hydrogen) atoms. The number of aliphatic carboxylic acids is 8. The lowest BCUT2D eigenvalue weighted by atomic mass is 10.2. The molecule has 42 nitrogen and oxygen atoms in total. The van der Waals surface area contributed by atoms with Crippen molar-refractivity contribution < 1.29 is 164 Å². The molecular formula is C41H92N8O34. The molecular weight excluding hydrogens is 1150 g/mol. The smallest absolute Gasteiger partial charge is 0.329 e. The van der Waals surface area contributed by atoms with Gasteiger partial charge in [0.2, 0.25) is 17.4 Å². The molecule has 0 unspecified atom stereocenters. The minimum Gasteiger partial charge on any atom is -0.480 e. The van der Waals surface area contributed by atoms with E-state index >= 15 is 0 Å². The highest BCUT2D eigenvalue weighted by Crippen LogP contribution is 2.23. The van der Waals surface area contributed by atoms with Crippen LogP contribution in [0.1, 0.15) is 0 Å². The van der Waals surface area contributed by atoms with Gasteiger partial charge in [-0.25, -0.2) is 38.4 Å². The lowest BCUT2D eigenvalue weighted by molar-refractivity contribution is -0.328. The van der Waals surface area contributed by atoms with Gasteiger partial charge in [-0.05, 0) is 0 Å². The Labute approximate surface area is 476 Å². The fourth-order valence-corrected chi connectivity index (χ4v) is 5.16. The molecule has 0 aromatic rings. The first-order chi connectivity index (χ1) is 35.7. The van der Waals surface area contributed by atoms with E-state index in [1.165, 1.54) is 0 Å². The first-order valence-corrected chi connectivity index (χ1v) is 22.3. The van der Waals surface area contributed by atoms with Crippen molar-refractivity contribution in [2.45, 2.75) is 17.4 Å². The molecule has 42 heteroatoms. The molecule has 0 radical (unpaired) electrons. The molecule has 0 saturated carbocycles. The number of rotatable bonds is 58. The van der Waals surface area contributed by atoms with Gasteiger partial charge in [-0.3, -0.25) is 0 Å². The number of carboxylic acid groups (broad SMARTS) is 8. The summed E-state index contributed by atoms with van der Waals surface area (Å²) in [6.45, 7) is -15.3. The quantitative estimate of drug-likeness (QED) is 0.0218. The predicted molar refractivity (Wildman–Crippen MR) is 275 cm³/mol. The van der Waals surface area contributed by atoms with Crippen LogP contribution in [0.4, 0.5) is 0 Å². The molecule has 0 aliphatic carbocycles. The monoisotopic (exact) mass is 1240 g/mol. The molecule has 0 aliphatic heterocycles. The average molecular weight is 1240 g/mol. The summed E-state index contributed by atoms with van der Waals surface area (Å²) in [5.41, 5.74) is 0. The van der Waals surface area contributed by atoms with Crippen molar-refractivity contribution in [2.75, 3.05) is 198 Å². The summed E-state index contributed by atoms with van der Waals surface area (Å²) in [4.78, 5) is 88.7. The first kappa shape index (κ1) is 96.9. The van der Waals surface area contributed by atoms with Crippen LogP contribution in [0, 0.1) is 0 Å². The normalized spacial score (nSPS) is 10.8. The lowest BCUT2D eigenvalue weighted by Crippen LogP contribution is -2.52. The third kappa shape index (κ3) is 59.7. The third-order valence-corrected chi connectivity index (χ3v) is 8.04. The zero-order chi connectivity index (χ0) is 56.1. The van der Waals surface area contributed by atoms with Crippen LogP contribution in [0.3, 0.4) is 0 Å². The van der Waals surface area contributed by atoms with Gasteiger partial charge in [0.15, 0.2) is 0 Å². The summed E-state index contributed by atoms with van der Waals surface area (Å²) < 4.78 is 100. The van der Waals surface area contributed by atoms with Crippen molar-refractivity contribution >= 4 is 47.8 Å². The Kier molecular flexibility index (Phi) is 71.5. The zero-order valence-electron chi connectivity index (χ0n) is 46.6. The number of carboxylic acids is 8. The maximum Gasteiger partial charge on any atom is 0.329 e. The summed E-state index contributed by atoms with van der Waals surface area (Å²) in [5.74, 6) is -16.6. The zero-order valence-corrected chi connectivity index (χ0v) is 46.6. The topological polar surface area (TPSA) is 745 Å². The summed E-state index contributed by atoms with van der Waals surface area (Å²) in [6.07, 6.45) is 0. The standard InChI is InChI=1S/C41H68O34.8H3N/c42-31(43)17-58-1-3-66-25-39(70-11-5-60-19-33(46)47,71-12-6-61-20-34(48)49)27-68-29-41(74-15-9-64-23-37(54)55,75-16-10-65-24-38(56)57)30-69-28-40(72-13-7-62-21-35(50)51,73-14-8-63-22-36(52)53)26-67-4-2-59-18-32(44)45;;;;;;;;/h1-30H2,(H,42,43)(H,44,45)(H,46,47)(H,48,49)(H,50,51)(H,52,53)(H,54,55)(H,56,57);8*1H3. The van der Waals surface area contributed by atoms with Gasteiger partial charge in [-0.2, -0.15) is 0 Å². The highest BCUT2D eigenvalue weighted by atomic mass is 16.8. The Hall–Kier alpha value is -5.28. The molecule has 0 saturated heterocycles. The van der Waals surface area contributed by atoms with E-state index in [9.17, 15) is 38.4 Å². The fraction of sp³-hybridized carbons (Fsp3) is 0.805. The van der Waals surface area contributed by atoms with Crippen molar-refractivity contribution in [3.8, 4) is 0 Å². The van der Waals surface area contributed by atoms with Gasteiger partial charge in [-0.1, -0.05) is 0 Å². The molecule has 0 aliphatic rings. The van der Waals surface area contributed by atoms with Crippen LogP contribution in [-0.2, 0) is 124 Å². The number of hydrogen-bond acceptors (Lipinski definition) is 34. The van der Waals surface area contributed by atoms with Gasteiger partial charge in [0.1, 0.15) is 92.5 Å². The fourth-order valence-electron chi connectivity index (χ4n) is 5.16.